The number of aromatic nitrogens is 2. The van der Waals surface area contributed by atoms with Gasteiger partial charge in [-0.2, -0.15) is 9.97 Å². The van der Waals surface area contributed by atoms with E-state index in [2.05, 4.69) is 15.3 Å². The summed E-state index contributed by atoms with van der Waals surface area (Å²) in [4.78, 5) is 31.5. The quantitative estimate of drug-likeness (QED) is 0.521. The van der Waals surface area contributed by atoms with E-state index in [-0.39, 0.29) is 36.7 Å². The van der Waals surface area contributed by atoms with Crippen molar-refractivity contribution in [1.82, 2.24) is 15.3 Å². The van der Waals surface area contributed by atoms with Gasteiger partial charge in [0.05, 0.1) is 20.3 Å². The van der Waals surface area contributed by atoms with Crippen molar-refractivity contribution in [3.05, 3.63) is 6.07 Å². The number of ether oxygens (including phenoxy) is 3. The van der Waals surface area contributed by atoms with E-state index in [1.54, 1.807) is 13.8 Å². The molecule has 2 atom stereocenters. The Morgan fingerprint density at radius 2 is 1.76 bits per heavy atom. The molecule has 10 heteroatoms. The van der Waals surface area contributed by atoms with Crippen LogP contribution < -0.4 is 19.5 Å². The highest BCUT2D eigenvalue weighted by Gasteiger charge is 2.29. The standard InChI is InChI=1S/C15H23N3O7/c1-8(2)12(13(20)16-9(5-6-19)14(21)22)25-15-17-10(23-3)7-11(18-15)24-4/h7-9,12,19H,5-6H2,1-4H3,(H,16,20)(H,21,22)/t9-,12?/m0/s1. The molecule has 0 saturated carbocycles. The largest absolute Gasteiger partial charge is 0.481 e. The molecule has 0 aliphatic heterocycles. The molecule has 0 radical (unpaired) electrons. The second-order valence-electron chi connectivity index (χ2n) is 5.43. The number of carbonyl (C=O) groups excluding carboxylic acids is 1. The van der Waals surface area contributed by atoms with Crippen molar-refractivity contribution < 1.29 is 34.0 Å². The van der Waals surface area contributed by atoms with Crippen molar-refractivity contribution in [2.75, 3.05) is 20.8 Å². The molecule has 140 valence electrons. The lowest BCUT2D eigenvalue weighted by Gasteiger charge is -2.23. The molecule has 10 nitrogen and oxygen atoms in total. The highest BCUT2D eigenvalue weighted by atomic mass is 16.5. The topological polar surface area (TPSA) is 140 Å². The van der Waals surface area contributed by atoms with Crippen LogP contribution in [0.1, 0.15) is 20.3 Å². The first-order valence-electron chi connectivity index (χ1n) is 7.60. The number of methoxy groups -OCH3 is 2. The molecule has 1 aromatic heterocycles. The average molecular weight is 357 g/mol. The summed E-state index contributed by atoms with van der Waals surface area (Å²) in [6.45, 7) is 3.08. The highest BCUT2D eigenvalue weighted by Crippen LogP contribution is 2.21. The van der Waals surface area contributed by atoms with Gasteiger partial charge in [-0.1, -0.05) is 13.8 Å². The van der Waals surface area contributed by atoms with Crippen LogP contribution in [0.15, 0.2) is 6.07 Å². The molecule has 0 saturated heterocycles. The molecular formula is C15H23N3O7. The van der Waals surface area contributed by atoms with Crippen molar-refractivity contribution in [2.45, 2.75) is 32.4 Å². The minimum Gasteiger partial charge on any atom is -0.481 e. The normalized spacial score (nSPS) is 13.0. The maximum absolute atomic E-state index is 12.4. The van der Waals surface area contributed by atoms with Crippen molar-refractivity contribution in [1.29, 1.82) is 0 Å². The summed E-state index contributed by atoms with van der Waals surface area (Å²) in [6.07, 6.45) is -1.16. The number of nitrogens with zero attached hydrogens (tertiary/aromatic N) is 2. The van der Waals surface area contributed by atoms with Crippen molar-refractivity contribution in [2.24, 2.45) is 5.92 Å². The molecule has 3 N–H and O–H groups in total. The van der Waals surface area contributed by atoms with Crippen LogP contribution in [0, 0.1) is 5.92 Å². The predicted octanol–water partition coefficient (Wildman–Crippen LogP) is -0.151. The number of aliphatic carboxylic acids is 1. The maximum atomic E-state index is 12.4. The van der Waals surface area contributed by atoms with Gasteiger partial charge in [-0.15, -0.1) is 0 Å². The van der Waals surface area contributed by atoms with Crippen LogP contribution in [0.2, 0.25) is 0 Å². The Balaban J connectivity index is 2.96. The number of aliphatic hydroxyl groups is 1. The average Bonchev–Trinajstić information content (AvgIpc) is 2.58. The SMILES string of the molecule is COc1cc(OC)nc(OC(C(=O)N[C@@H](CCO)C(=O)O)C(C)C)n1. The molecule has 1 amide bonds. The Hall–Kier alpha value is -2.62. The van der Waals surface area contributed by atoms with Crippen LogP contribution >= 0.6 is 0 Å². The van der Waals surface area contributed by atoms with Gasteiger partial charge in [-0.25, -0.2) is 4.79 Å². The van der Waals surface area contributed by atoms with Crippen molar-refractivity contribution >= 4 is 11.9 Å². The van der Waals surface area contributed by atoms with Crippen molar-refractivity contribution in [3.63, 3.8) is 0 Å². The van der Waals surface area contributed by atoms with Gasteiger partial charge in [-0.3, -0.25) is 4.79 Å². The summed E-state index contributed by atoms with van der Waals surface area (Å²) in [5.74, 6) is -1.82. The molecule has 25 heavy (non-hydrogen) atoms. The molecule has 0 spiro atoms. The molecule has 0 fully saturated rings. The summed E-state index contributed by atoms with van der Waals surface area (Å²) < 4.78 is 15.6. The van der Waals surface area contributed by atoms with E-state index in [0.29, 0.717) is 0 Å². The van der Waals surface area contributed by atoms with E-state index in [4.69, 9.17) is 24.4 Å². The number of carbonyl (C=O) groups is 2. The number of hydrogen-bond donors (Lipinski definition) is 3. The zero-order valence-electron chi connectivity index (χ0n) is 14.6. The molecular weight excluding hydrogens is 334 g/mol. The van der Waals surface area contributed by atoms with Gasteiger partial charge in [0.25, 0.3) is 5.91 Å². The fraction of sp³-hybridized carbons (Fsp3) is 0.600. The van der Waals surface area contributed by atoms with Gasteiger partial charge in [0.2, 0.25) is 11.8 Å². The first-order chi connectivity index (χ1) is 11.8. The number of carboxylic acids is 1. The third-order valence-electron chi connectivity index (χ3n) is 3.21. The Morgan fingerprint density at radius 1 is 1.20 bits per heavy atom. The van der Waals surface area contributed by atoms with Crippen LogP contribution in [0.3, 0.4) is 0 Å². The van der Waals surface area contributed by atoms with Gasteiger partial charge in [0, 0.05) is 13.0 Å². The smallest absolute Gasteiger partial charge is 0.326 e. The molecule has 1 unspecified atom stereocenters. The first-order valence-corrected chi connectivity index (χ1v) is 7.60. The van der Waals surface area contributed by atoms with E-state index < -0.39 is 24.0 Å². The van der Waals surface area contributed by atoms with E-state index in [0.717, 1.165) is 0 Å². The zero-order valence-corrected chi connectivity index (χ0v) is 14.6. The number of hydrogen-bond acceptors (Lipinski definition) is 8. The fourth-order valence-electron chi connectivity index (χ4n) is 1.89. The van der Waals surface area contributed by atoms with Gasteiger partial charge >= 0.3 is 12.0 Å². The first kappa shape index (κ1) is 20.4. The minimum absolute atomic E-state index is 0.116. The lowest BCUT2D eigenvalue weighted by molar-refractivity contribution is -0.144. The Morgan fingerprint density at radius 3 is 2.16 bits per heavy atom. The second kappa shape index (κ2) is 9.62. The fourth-order valence-corrected chi connectivity index (χ4v) is 1.89. The molecule has 0 aliphatic carbocycles. The van der Waals surface area contributed by atoms with Crippen molar-refractivity contribution in [3.8, 4) is 17.8 Å². The number of aliphatic hydroxyl groups excluding tert-OH is 1. The highest BCUT2D eigenvalue weighted by molar-refractivity contribution is 5.86. The van der Waals surface area contributed by atoms with Crippen LogP contribution in [-0.4, -0.2) is 65.0 Å². The van der Waals surface area contributed by atoms with Crippen LogP contribution in [0.4, 0.5) is 0 Å². The maximum Gasteiger partial charge on any atom is 0.326 e. The third kappa shape index (κ3) is 6.07. The van der Waals surface area contributed by atoms with Gasteiger partial charge < -0.3 is 29.7 Å². The van der Waals surface area contributed by atoms with E-state index in [1.165, 1.54) is 20.3 Å². The van der Waals surface area contributed by atoms with Gasteiger partial charge in [-0.05, 0) is 5.92 Å². The lowest BCUT2D eigenvalue weighted by Crippen LogP contribution is -2.49. The summed E-state index contributed by atoms with van der Waals surface area (Å²) in [7, 11) is 2.81. The summed E-state index contributed by atoms with van der Waals surface area (Å²) in [5, 5.41) is 20.3. The summed E-state index contributed by atoms with van der Waals surface area (Å²) in [5.41, 5.74) is 0. The third-order valence-corrected chi connectivity index (χ3v) is 3.21. The number of amides is 1. The van der Waals surface area contributed by atoms with E-state index >= 15 is 0 Å². The van der Waals surface area contributed by atoms with Crippen LogP contribution in [0.5, 0.6) is 17.8 Å². The molecule has 0 aliphatic rings. The lowest BCUT2D eigenvalue weighted by atomic mass is 10.1. The molecule has 1 heterocycles. The monoisotopic (exact) mass is 357 g/mol. The van der Waals surface area contributed by atoms with Gasteiger partial charge in [0.1, 0.15) is 6.04 Å². The summed E-state index contributed by atoms with van der Waals surface area (Å²) >= 11 is 0. The number of nitrogens with one attached hydrogen (secondary N) is 1. The minimum atomic E-state index is -1.25. The van der Waals surface area contributed by atoms with E-state index in [9.17, 15) is 9.59 Å². The molecule has 1 rings (SSSR count). The Bertz CT molecular complexity index is 572. The molecule has 1 aromatic rings. The Labute approximate surface area is 145 Å². The van der Waals surface area contributed by atoms with E-state index in [1.807, 2.05) is 0 Å². The predicted molar refractivity (Wildman–Crippen MR) is 85.7 cm³/mol. The van der Waals surface area contributed by atoms with Gasteiger partial charge in [0.15, 0.2) is 6.10 Å². The second-order valence-corrected chi connectivity index (χ2v) is 5.43. The number of carboxylic acid groups (broad SMARTS) is 1. The zero-order chi connectivity index (χ0) is 19.0. The molecule has 0 aromatic carbocycles. The van der Waals surface area contributed by atoms with Crippen LogP contribution in [-0.2, 0) is 9.59 Å². The number of rotatable bonds is 10. The molecule has 0 bridgehead atoms. The summed E-state index contributed by atoms with van der Waals surface area (Å²) in [6, 6.07) is 0.0844. The van der Waals surface area contributed by atoms with Crippen LogP contribution in [0.25, 0.3) is 0 Å². The Kier molecular flexibility index (Phi) is 7.86.